The SMILES string of the molecule is C[As](C)(=O)[O-].[Ca+2]. The van der Waals surface area contributed by atoms with Crippen molar-refractivity contribution in [1.29, 1.82) is 0 Å². The molecule has 0 atom stereocenters. The molecule has 0 heterocycles. The Bertz CT molecular complexity index is 57.7. The first-order chi connectivity index (χ1) is 2.00. The van der Waals surface area contributed by atoms with Gasteiger partial charge in [0.15, 0.2) is 0 Å². The van der Waals surface area contributed by atoms with Gasteiger partial charge < -0.3 is 0 Å². The summed E-state index contributed by atoms with van der Waals surface area (Å²) >= 11 is -3.38. The maximum atomic E-state index is 9.72. The molecule has 0 aliphatic rings. The van der Waals surface area contributed by atoms with E-state index in [9.17, 15) is 7.84 Å². The van der Waals surface area contributed by atoms with E-state index in [1.165, 1.54) is 11.4 Å². The van der Waals surface area contributed by atoms with Crippen LogP contribution in [0.5, 0.6) is 0 Å². The quantitative estimate of drug-likeness (QED) is 0.450. The molecule has 0 aromatic carbocycles. The standard InChI is InChI=1S/C2H7AsO2.Ca/c1-3(2,4)5;/h1-2H3,(H,4,5);/q;+2/p-1. The second-order valence-electron chi connectivity index (χ2n) is 1.25. The van der Waals surface area contributed by atoms with Crippen LogP contribution in [0.3, 0.4) is 0 Å². The molecule has 0 unspecified atom stereocenters. The van der Waals surface area contributed by atoms with Crippen LogP contribution in [0.1, 0.15) is 0 Å². The summed E-state index contributed by atoms with van der Waals surface area (Å²) in [6, 6.07) is 0. The third kappa shape index (κ3) is 46.9. The van der Waals surface area contributed by atoms with E-state index >= 15 is 0 Å². The maximum absolute atomic E-state index is 9.72. The zero-order valence-corrected chi connectivity index (χ0v) is 8.06. The van der Waals surface area contributed by atoms with E-state index in [0.29, 0.717) is 0 Å². The first kappa shape index (κ1) is 10.5. The molecule has 0 saturated heterocycles. The second-order valence-corrected chi connectivity index (χ2v) is 6.51. The topological polar surface area (TPSA) is 40.1 Å². The van der Waals surface area contributed by atoms with Crippen LogP contribution in [0.2, 0.25) is 11.4 Å². The summed E-state index contributed by atoms with van der Waals surface area (Å²) in [5, 5.41) is 0. The molecule has 0 saturated carbocycles. The molecule has 2 nitrogen and oxygen atoms in total. The zero-order chi connectivity index (χ0) is 4.50. The molecule has 0 aromatic rings. The minimum atomic E-state index is -3.38. The summed E-state index contributed by atoms with van der Waals surface area (Å²) < 4.78 is 19.4. The fourth-order valence-electron chi connectivity index (χ4n) is 0. The molecule has 0 bridgehead atoms. The van der Waals surface area contributed by atoms with E-state index in [1.54, 1.807) is 0 Å². The van der Waals surface area contributed by atoms with E-state index in [4.69, 9.17) is 0 Å². The van der Waals surface area contributed by atoms with Crippen molar-refractivity contribution in [3.05, 3.63) is 0 Å². The number of hydrogen-bond acceptors (Lipinski definition) is 2. The van der Waals surface area contributed by atoms with Crippen LogP contribution < -0.4 is 4.10 Å². The van der Waals surface area contributed by atoms with Crippen LogP contribution in [0, 0.1) is 0 Å². The Morgan fingerprint density at radius 1 is 1.50 bits per heavy atom. The first-order valence-corrected chi connectivity index (χ1v) is 6.54. The molecule has 0 N–H and O–H groups in total. The van der Waals surface area contributed by atoms with Gasteiger partial charge in [0.1, 0.15) is 0 Å². The van der Waals surface area contributed by atoms with Crippen molar-refractivity contribution in [2.75, 3.05) is 0 Å². The maximum Gasteiger partial charge on any atom is 2.00 e. The van der Waals surface area contributed by atoms with Gasteiger partial charge in [-0.05, 0) is 0 Å². The smallest absolute Gasteiger partial charge is 2.00 e. The molecular weight excluding hydrogens is 171 g/mol. The molecule has 0 radical (unpaired) electrons. The van der Waals surface area contributed by atoms with E-state index < -0.39 is 13.8 Å². The average Bonchev–Trinajstić information content (AvgIpc) is 0.722. The van der Waals surface area contributed by atoms with Gasteiger partial charge in [0.2, 0.25) is 0 Å². The van der Waals surface area contributed by atoms with Gasteiger partial charge in [-0.15, -0.1) is 0 Å². The molecule has 0 aliphatic heterocycles. The average molecular weight is 177 g/mol. The molecule has 6 heavy (non-hydrogen) atoms. The molecule has 0 aliphatic carbocycles. The van der Waals surface area contributed by atoms with E-state index in [0.717, 1.165) is 0 Å². The molecule has 4 heteroatoms. The summed E-state index contributed by atoms with van der Waals surface area (Å²) in [5.41, 5.74) is 2.50. The summed E-state index contributed by atoms with van der Waals surface area (Å²) in [6.07, 6.45) is 0. The second kappa shape index (κ2) is 3.56. The molecule has 0 rings (SSSR count). The van der Waals surface area contributed by atoms with Gasteiger partial charge in [-0.1, -0.05) is 0 Å². The van der Waals surface area contributed by atoms with Gasteiger partial charge in [-0.25, -0.2) is 0 Å². The summed E-state index contributed by atoms with van der Waals surface area (Å²) in [5.74, 6) is 0. The summed E-state index contributed by atoms with van der Waals surface area (Å²) in [6.45, 7) is 0. The third-order valence-corrected chi connectivity index (χ3v) is 0. The Morgan fingerprint density at radius 2 is 1.50 bits per heavy atom. The molecule has 0 spiro atoms. The van der Waals surface area contributed by atoms with E-state index in [-0.39, 0.29) is 37.7 Å². The molecule has 32 valence electrons. The van der Waals surface area contributed by atoms with Gasteiger partial charge in [0, 0.05) is 0 Å². The fraction of sp³-hybridized carbons (Fsp3) is 1.00. The monoisotopic (exact) mass is 177 g/mol. The first-order valence-electron chi connectivity index (χ1n) is 1.26. The zero-order valence-electron chi connectivity index (χ0n) is 3.97. The van der Waals surface area contributed by atoms with Gasteiger partial charge in [0.05, 0.1) is 0 Å². The third-order valence-electron chi connectivity index (χ3n) is 0. The number of rotatable bonds is 0. The summed E-state index contributed by atoms with van der Waals surface area (Å²) in [7, 11) is 0. The Balaban J connectivity index is 0. The minimum Gasteiger partial charge on any atom is 2.00 e. The van der Waals surface area contributed by atoms with Crippen LogP contribution in [0.15, 0.2) is 0 Å². The van der Waals surface area contributed by atoms with E-state index in [1.807, 2.05) is 0 Å². The Morgan fingerprint density at radius 3 is 1.50 bits per heavy atom. The molecule has 0 amide bonds. The van der Waals surface area contributed by atoms with Crippen molar-refractivity contribution in [3.63, 3.8) is 0 Å². The Hall–Kier alpha value is 1.58. The van der Waals surface area contributed by atoms with Crippen LogP contribution in [-0.2, 0) is 3.74 Å². The van der Waals surface area contributed by atoms with Gasteiger partial charge >= 0.3 is 70.8 Å². The largest absolute Gasteiger partial charge is 2.00 e. The van der Waals surface area contributed by atoms with Crippen molar-refractivity contribution in [2.24, 2.45) is 0 Å². The van der Waals surface area contributed by atoms with Crippen molar-refractivity contribution < 1.29 is 7.84 Å². The normalized spacial score (nSPS) is 9.83. The molecular formula is C2H6AsCaO2+. The van der Waals surface area contributed by atoms with Gasteiger partial charge in [-0.2, -0.15) is 0 Å². The Kier molecular flexibility index (Phi) is 6.26. The van der Waals surface area contributed by atoms with Crippen LogP contribution in [-0.4, -0.2) is 51.6 Å². The number of hydrogen-bond donors (Lipinski definition) is 0. The van der Waals surface area contributed by atoms with Crippen molar-refractivity contribution in [3.8, 4) is 0 Å². The van der Waals surface area contributed by atoms with Crippen molar-refractivity contribution in [1.82, 2.24) is 0 Å². The van der Waals surface area contributed by atoms with Crippen LogP contribution in [0.4, 0.5) is 0 Å². The Labute approximate surface area is 70.0 Å². The molecule has 0 aromatic heterocycles. The van der Waals surface area contributed by atoms with Gasteiger partial charge in [-0.3, -0.25) is 0 Å². The van der Waals surface area contributed by atoms with Gasteiger partial charge in [0.25, 0.3) is 0 Å². The fourth-order valence-corrected chi connectivity index (χ4v) is 0. The minimum absolute atomic E-state index is 0. The van der Waals surface area contributed by atoms with Crippen molar-refractivity contribution in [2.45, 2.75) is 11.4 Å². The van der Waals surface area contributed by atoms with Crippen LogP contribution >= 0.6 is 0 Å². The predicted molar refractivity (Wildman–Crippen MR) is 23.9 cm³/mol. The molecule has 0 fully saturated rings. The van der Waals surface area contributed by atoms with Crippen molar-refractivity contribution >= 4 is 51.6 Å². The predicted octanol–water partition coefficient (Wildman–Crippen LogP) is -0.902. The summed E-state index contributed by atoms with van der Waals surface area (Å²) in [4.78, 5) is 0. The van der Waals surface area contributed by atoms with Crippen LogP contribution in [0.25, 0.3) is 0 Å². The van der Waals surface area contributed by atoms with E-state index in [2.05, 4.69) is 0 Å².